The molecule has 0 N–H and O–H groups in total. The first-order valence-electron chi connectivity index (χ1n) is 19.5. The second-order valence-corrected chi connectivity index (χ2v) is 14.9. The minimum absolute atomic E-state index is 0.896. The summed E-state index contributed by atoms with van der Waals surface area (Å²) in [4.78, 5) is 0. The van der Waals surface area contributed by atoms with Crippen LogP contribution in [0, 0.1) is 0 Å². The molecule has 12 rings (SSSR count). The van der Waals surface area contributed by atoms with Gasteiger partial charge < -0.3 is 13.6 Å². The van der Waals surface area contributed by atoms with Crippen LogP contribution in [0.5, 0.6) is 0 Å². The van der Waals surface area contributed by atoms with E-state index in [1.807, 2.05) is 6.07 Å². The molecule has 0 bridgehead atoms. The second-order valence-electron chi connectivity index (χ2n) is 14.9. The van der Waals surface area contributed by atoms with Gasteiger partial charge in [0.2, 0.25) is 0 Å². The Balaban J connectivity index is 1.18. The van der Waals surface area contributed by atoms with Crippen LogP contribution in [-0.2, 0) is 0 Å². The Morgan fingerprint density at radius 2 is 0.912 bits per heavy atom. The number of furan rings is 1. The normalized spacial score (nSPS) is 11.9. The SMILES string of the molecule is c1ccc(-c2ccc(-c3cc(-c4cccc5c4oc4ccccc45)cc(-n4c5ccccc5c5ccc6c(c7ccccc7n6-c6ccccc6)c54)c3)cc2)cc1. The van der Waals surface area contributed by atoms with Crippen molar-refractivity contribution in [1.82, 2.24) is 9.13 Å². The first-order chi connectivity index (χ1) is 28.3. The van der Waals surface area contributed by atoms with E-state index in [4.69, 9.17) is 4.42 Å². The zero-order valence-corrected chi connectivity index (χ0v) is 30.9. The number of rotatable bonds is 5. The van der Waals surface area contributed by atoms with Gasteiger partial charge in [0.15, 0.2) is 0 Å². The van der Waals surface area contributed by atoms with Gasteiger partial charge in [0.1, 0.15) is 11.2 Å². The molecule has 3 heterocycles. The molecule has 0 spiro atoms. The predicted molar refractivity (Wildman–Crippen MR) is 239 cm³/mol. The van der Waals surface area contributed by atoms with E-state index in [1.165, 1.54) is 54.7 Å². The Labute approximate surface area is 328 Å². The maximum atomic E-state index is 6.66. The zero-order valence-electron chi connectivity index (χ0n) is 30.9. The minimum atomic E-state index is 0.896. The molecule has 3 aromatic heterocycles. The lowest BCUT2D eigenvalue weighted by molar-refractivity contribution is 0.670. The van der Waals surface area contributed by atoms with Gasteiger partial charge in [-0.3, -0.25) is 0 Å². The average molecular weight is 727 g/mol. The number of hydrogen-bond donors (Lipinski definition) is 0. The van der Waals surface area contributed by atoms with Crippen LogP contribution in [-0.4, -0.2) is 9.13 Å². The first kappa shape index (κ1) is 31.7. The molecule has 0 aliphatic rings. The Bertz CT molecular complexity index is 3490. The van der Waals surface area contributed by atoms with Gasteiger partial charge >= 0.3 is 0 Å². The molecule has 0 amide bonds. The van der Waals surface area contributed by atoms with Crippen LogP contribution in [0.15, 0.2) is 211 Å². The van der Waals surface area contributed by atoms with E-state index in [2.05, 4.69) is 209 Å². The van der Waals surface area contributed by atoms with Crippen LogP contribution in [0.25, 0.3) is 110 Å². The van der Waals surface area contributed by atoms with Crippen LogP contribution in [0.3, 0.4) is 0 Å². The van der Waals surface area contributed by atoms with Crippen LogP contribution < -0.4 is 0 Å². The smallest absolute Gasteiger partial charge is 0.143 e. The number of para-hydroxylation sites is 5. The van der Waals surface area contributed by atoms with Gasteiger partial charge in [0.25, 0.3) is 0 Å². The van der Waals surface area contributed by atoms with Crippen molar-refractivity contribution in [2.75, 3.05) is 0 Å². The lowest BCUT2D eigenvalue weighted by atomic mass is 9.95. The molecule has 57 heavy (non-hydrogen) atoms. The van der Waals surface area contributed by atoms with E-state index < -0.39 is 0 Å². The summed E-state index contributed by atoms with van der Waals surface area (Å²) < 4.78 is 11.6. The van der Waals surface area contributed by atoms with Crippen molar-refractivity contribution in [3.63, 3.8) is 0 Å². The summed E-state index contributed by atoms with van der Waals surface area (Å²) in [6.45, 7) is 0. The van der Waals surface area contributed by atoms with Crippen molar-refractivity contribution >= 4 is 65.6 Å². The summed E-state index contributed by atoms with van der Waals surface area (Å²) in [6.07, 6.45) is 0. The lowest BCUT2D eigenvalue weighted by Gasteiger charge is -2.15. The van der Waals surface area contributed by atoms with Crippen LogP contribution in [0.2, 0.25) is 0 Å². The van der Waals surface area contributed by atoms with Crippen molar-refractivity contribution in [1.29, 1.82) is 0 Å². The Kier molecular flexibility index (Phi) is 6.93. The predicted octanol–water partition coefficient (Wildman–Crippen LogP) is 14.8. The highest BCUT2D eigenvalue weighted by atomic mass is 16.3. The summed E-state index contributed by atoms with van der Waals surface area (Å²) >= 11 is 0. The fourth-order valence-electron chi connectivity index (χ4n) is 9.15. The lowest BCUT2D eigenvalue weighted by Crippen LogP contribution is -1.97. The van der Waals surface area contributed by atoms with Crippen molar-refractivity contribution in [2.24, 2.45) is 0 Å². The molecule has 0 radical (unpaired) electrons. The third-order valence-corrected chi connectivity index (χ3v) is 11.7. The third-order valence-electron chi connectivity index (χ3n) is 11.7. The number of nitrogens with zero attached hydrogens (tertiary/aromatic N) is 2. The minimum Gasteiger partial charge on any atom is -0.455 e. The summed E-state index contributed by atoms with van der Waals surface area (Å²) in [5, 5.41) is 7.17. The van der Waals surface area contributed by atoms with E-state index in [0.717, 1.165) is 55.6 Å². The van der Waals surface area contributed by atoms with E-state index in [0.29, 0.717) is 0 Å². The Morgan fingerprint density at radius 3 is 1.70 bits per heavy atom. The number of fused-ring (bicyclic) bond motifs is 10. The summed E-state index contributed by atoms with van der Waals surface area (Å²) in [6, 6.07) is 74.5. The van der Waals surface area contributed by atoms with E-state index in [9.17, 15) is 0 Å². The Morgan fingerprint density at radius 1 is 0.316 bits per heavy atom. The standard InChI is InChI=1S/C54H34N2O/c1-3-14-35(15-4-1)36-26-28-37(29-27-36)38-32-39(42-21-13-22-46-44-19-9-12-25-51(44)57-54(42)46)34-41(33-38)56-48-23-10-7-18-43(48)45-30-31-50-52(53(45)56)47-20-8-11-24-49(47)55(50)40-16-5-2-6-17-40/h1-34H. The number of benzene rings is 9. The summed E-state index contributed by atoms with van der Waals surface area (Å²) in [5.74, 6) is 0. The van der Waals surface area contributed by atoms with Gasteiger partial charge in [-0.2, -0.15) is 0 Å². The molecular weight excluding hydrogens is 693 g/mol. The highest BCUT2D eigenvalue weighted by molar-refractivity contribution is 6.26. The highest BCUT2D eigenvalue weighted by Gasteiger charge is 2.22. The summed E-state index contributed by atoms with van der Waals surface area (Å²) in [5.41, 5.74) is 15.6. The molecule has 3 heteroatoms. The largest absolute Gasteiger partial charge is 0.455 e. The molecular formula is C54H34N2O. The molecule has 0 aliphatic heterocycles. The fourth-order valence-corrected chi connectivity index (χ4v) is 9.15. The summed E-state index contributed by atoms with van der Waals surface area (Å²) in [7, 11) is 0. The highest BCUT2D eigenvalue weighted by Crippen LogP contribution is 2.44. The van der Waals surface area contributed by atoms with Gasteiger partial charge in [0, 0.05) is 49.3 Å². The van der Waals surface area contributed by atoms with Crippen LogP contribution >= 0.6 is 0 Å². The van der Waals surface area contributed by atoms with Gasteiger partial charge in [0.05, 0.1) is 22.1 Å². The first-order valence-corrected chi connectivity index (χ1v) is 19.5. The van der Waals surface area contributed by atoms with E-state index in [-0.39, 0.29) is 0 Å². The van der Waals surface area contributed by atoms with Crippen molar-refractivity contribution in [3.8, 4) is 44.8 Å². The molecule has 9 aromatic carbocycles. The average Bonchev–Trinajstić information content (AvgIpc) is 3.95. The van der Waals surface area contributed by atoms with E-state index in [1.54, 1.807) is 0 Å². The van der Waals surface area contributed by atoms with Gasteiger partial charge in [-0.05, 0) is 82.4 Å². The maximum absolute atomic E-state index is 6.66. The monoisotopic (exact) mass is 726 g/mol. The maximum Gasteiger partial charge on any atom is 0.143 e. The topological polar surface area (TPSA) is 23.0 Å². The van der Waals surface area contributed by atoms with Crippen molar-refractivity contribution in [3.05, 3.63) is 206 Å². The molecule has 3 nitrogen and oxygen atoms in total. The number of hydrogen-bond acceptors (Lipinski definition) is 1. The second kappa shape index (κ2) is 12.5. The molecule has 0 fully saturated rings. The molecule has 0 saturated heterocycles. The Hall–Kier alpha value is -7.62. The zero-order chi connectivity index (χ0) is 37.5. The molecule has 266 valence electrons. The van der Waals surface area contributed by atoms with Gasteiger partial charge in [-0.1, -0.05) is 152 Å². The number of aromatic nitrogens is 2. The van der Waals surface area contributed by atoms with Crippen LogP contribution in [0.4, 0.5) is 0 Å². The quantitative estimate of drug-likeness (QED) is 0.173. The molecule has 12 aromatic rings. The van der Waals surface area contributed by atoms with Crippen molar-refractivity contribution < 1.29 is 4.42 Å². The van der Waals surface area contributed by atoms with E-state index >= 15 is 0 Å². The molecule has 0 atom stereocenters. The van der Waals surface area contributed by atoms with Gasteiger partial charge in [-0.15, -0.1) is 0 Å². The van der Waals surface area contributed by atoms with Gasteiger partial charge in [-0.25, -0.2) is 0 Å². The molecule has 0 saturated carbocycles. The van der Waals surface area contributed by atoms with Crippen LogP contribution in [0.1, 0.15) is 0 Å². The molecule has 0 unspecified atom stereocenters. The molecule has 0 aliphatic carbocycles. The van der Waals surface area contributed by atoms with Crippen molar-refractivity contribution in [2.45, 2.75) is 0 Å². The fraction of sp³-hybridized carbons (Fsp3) is 0. The third kappa shape index (κ3) is 4.86.